The summed E-state index contributed by atoms with van der Waals surface area (Å²) in [6.45, 7) is 0. The Hall–Kier alpha value is -3.35. The van der Waals surface area contributed by atoms with Crippen LogP contribution >= 0.6 is 0 Å². The number of nitrogens with zero attached hydrogens (tertiary/aromatic N) is 2. The van der Waals surface area contributed by atoms with Crippen LogP contribution in [0.15, 0.2) is 53.3 Å². The second-order valence-corrected chi connectivity index (χ2v) is 4.84. The number of ether oxygens (including phenoxy) is 2. The number of carbonyl (C=O) groups is 1. The number of rotatable bonds is 5. The van der Waals surface area contributed by atoms with Crippen LogP contribution in [-0.2, 0) is 0 Å². The van der Waals surface area contributed by atoms with Gasteiger partial charge in [-0.3, -0.25) is 9.78 Å². The summed E-state index contributed by atoms with van der Waals surface area (Å²) in [6.07, 6.45) is 3.29. The summed E-state index contributed by atoms with van der Waals surface area (Å²) >= 11 is 0. The molecule has 3 rings (SSSR count). The average Bonchev–Trinajstić information content (AvgIpc) is 3.13. The van der Waals surface area contributed by atoms with Gasteiger partial charge in [0.15, 0.2) is 11.5 Å². The van der Waals surface area contributed by atoms with Crippen molar-refractivity contribution in [3.8, 4) is 22.8 Å². The largest absolute Gasteiger partial charge is 0.497 e. The number of benzene rings is 1. The maximum Gasteiger partial charge on any atom is 0.277 e. The van der Waals surface area contributed by atoms with Crippen molar-refractivity contribution >= 4 is 11.6 Å². The van der Waals surface area contributed by atoms with E-state index in [-0.39, 0.29) is 5.69 Å². The fraction of sp³-hybridized carbons (Fsp3) is 0.118. The standard InChI is InChI=1S/C17H15N3O4/c1-22-12-5-6-13(16(8-12)23-2)19-17(21)14-9-15(24-20-14)11-4-3-7-18-10-11/h3-10H,1-2H3,(H,19,21). The van der Waals surface area contributed by atoms with Gasteiger partial charge in [-0.1, -0.05) is 5.16 Å². The Morgan fingerprint density at radius 2 is 2.04 bits per heavy atom. The summed E-state index contributed by atoms with van der Waals surface area (Å²) in [5.74, 6) is 1.18. The summed E-state index contributed by atoms with van der Waals surface area (Å²) in [6, 6.07) is 10.3. The van der Waals surface area contributed by atoms with Gasteiger partial charge in [-0.2, -0.15) is 0 Å². The Labute approximate surface area is 138 Å². The van der Waals surface area contributed by atoms with Crippen molar-refractivity contribution in [3.63, 3.8) is 0 Å². The van der Waals surface area contributed by atoms with Crippen LogP contribution in [0.3, 0.4) is 0 Å². The highest BCUT2D eigenvalue weighted by Gasteiger charge is 2.16. The van der Waals surface area contributed by atoms with E-state index in [4.69, 9.17) is 14.0 Å². The highest BCUT2D eigenvalue weighted by molar-refractivity contribution is 6.04. The molecule has 7 nitrogen and oxygen atoms in total. The third kappa shape index (κ3) is 3.19. The maximum absolute atomic E-state index is 12.3. The van der Waals surface area contributed by atoms with E-state index in [1.165, 1.54) is 7.11 Å². The van der Waals surface area contributed by atoms with Crippen LogP contribution in [0.1, 0.15) is 10.5 Å². The van der Waals surface area contributed by atoms with E-state index >= 15 is 0 Å². The molecule has 1 N–H and O–H groups in total. The molecule has 0 unspecified atom stereocenters. The minimum Gasteiger partial charge on any atom is -0.497 e. The van der Waals surface area contributed by atoms with Crippen LogP contribution < -0.4 is 14.8 Å². The Kier molecular flexibility index (Phi) is 4.42. The number of amides is 1. The number of methoxy groups -OCH3 is 2. The zero-order valence-corrected chi connectivity index (χ0v) is 13.1. The number of hydrogen-bond acceptors (Lipinski definition) is 6. The van der Waals surface area contributed by atoms with E-state index in [9.17, 15) is 4.79 Å². The molecule has 0 spiro atoms. The van der Waals surface area contributed by atoms with Crippen molar-refractivity contribution in [2.45, 2.75) is 0 Å². The molecule has 0 saturated heterocycles. The van der Waals surface area contributed by atoms with Gasteiger partial charge in [-0.15, -0.1) is 0 Å². The highest BCUT2D eigenvalue weighted by Crippen LogP contribution is 2.29. The SMILES string of the molecule is COc1ccc(NC(=O)c2cc(-c3cccnc3)on2)c(OC)c1. The normalized spacial score (nSPS) is 10.2. The lowest BCUT2D eigenvalue weighted by atomic mass is 10.2. The molecule has 1 amide bonds. The topological polar surface area (TPSA) is 86.5 Å². The molecule has 0 aliphatic rings. The van der Waals surface area contributed by atoms with Gasteiger partial charge >= 0.3 is 0 Å². The zero-order valence-electron chi connectivity index (χ0n) is 13.1. The Balaban J connectivity index is 1.80. The van der Waals surface area contributed by atoms with Crippen LogP contribution in [0.4, 0.5) is 5.69 Å². The first-order valence-electron chi connectivity index (χ1n) is 7.11. The molecule has 2 heterocycles. The van der Waals surface area contributed by atoms with Crippen LogP contribution in [-0.4, -0.2) is 30.3 Å². The van der Waals surface area contributed by atoms with Crippen LogP contribution in [0.2, 0.25) is 0 Å². The average molecular weight is 325 g/mol. The molecule has 0 radical (unpaired) electrons. The maximum atomic E-state index is 12.3. The molecule has 0 aliphatic heterocycles. The molecule has 24 heavy (non-hydrogen) atoms. The fourth-order valence-corrected chi connectivity index (χ4v) is 2.11. The van der Waals surface area contributed by atoms with Crippen LogP contribution in [0.25, 0.3) is 11.3 Å². The van der Waals surface area contributed by atoms with Gasteiger partial charge in [0.05, 0.1) is 19.9 Å². The van der Waals surface area contributed by atoms with Gasteiger partial charge in [-0.25, -0.2) is 0 Å². The lowest BCUT2D eigenvalue weighted by Crippen LogP contribution is -2.13. The third-order valence-electron chi connectivity index (χ3n) is 3.35. The molecular weight excluding hydrogens is 310 g/mol. The second-order valence-electron chi connectivity index (χ2n) is 4.84. The Bertz CT molecular complexity index is 846. The first-order valence-corrected chi connectivity index (χ1v) is 7.11. The van der Waals surface area contributed by atoms with E-state index in [2.05, 4.69) is 15.5 Å². The van der Waals surface area contributed by atoms with E-state index < -0.39 is 5.91 Å². The first kappa shape index (κ1) is 15.5. The summed E-state index contributed by atoms with van der Waals surface area (Å²) < 4.78 is 15.6. The summed E-state index contributed by atoms with van der Waals surface area (Å²) in [5.41, 5.74) is 1.41. The van der Waals surface area contributed by atoms with E-state index in [0.717, 1.165) is 5.56 Å². The van der Waals surface area contributed by atoms with Gasteiger partial charge in [0.1, 0.15) is 11.5 Å². The van der Waals surface area contributed by atoms with Crippen molar-refractivity contribution < 1.29 is 18.8 Å². The van der Waals surface area contributed by atoms with E-state index in [0.29, 0.717) is 22.9 Å². The van der Waals surface area contributed by atoms with Crippen LogP contribution in [0, 0.1) is 0 Å². The van der Waals surface area contributed by atoms with Gasteiger partial charge in [0.2, 0.25) is 0 Å². The lowest BCUT2D eigenvalue weighted by Gasteiger charge is -2.10. The molecule has 0 saturated carbocycles. The number of carbonyl (C=O) groups excluding carboxylic acids is 1. The molecule has 0 fully saturated rings. The number of pyridine rings is 1. The third-order valence-corrected chi connectivity index (χ3v) is 3.35. The predicted molar refractivity (Wildman–Crippen MR) is 87.2 cm³/mol. The molecule has 3 aromatic rings. The van der Waals surface area contributed by atoms with Crippen molar-refractivity contribution in [1.29, 1.82) is 0 Å². The lowest BCUT2D eigenvalue weighted by molar-refractivity contribution is 0.101. The molecule has 0 bridgehead atoms. The molecule has 7 heteroatoms. The number of aromatic nitrogens is 2. The molecule has 1 aromatic carbocycles. The second kappa shape index (κ2) is 6.82. The summed E-state index contributed by atoms with van der Waals surface area (Å²) in [5, 5.41) is 6.53. The van der Waals surface area contributed by atoms with E-state index in [1.807, 2.05) is 6.07 Å². The van der Waals surface area contributed by atoms with Gasteiger partial charge in [0, 0.05) is 30.1 Å². The summed E-state index contributed by atoms with van der Waals surface area (Å²) in [4.78, 5) is 16.4. The summed E-state index contributed by atoms with van der Waals surface area (Å²) in [7, 11) is 3.07. The monoisotopic (exact) mass is 325 g/mol. The molecular formula is C17H15N3O4. The molecule has 2 aromatic heterocycles. The van der Waals surface area contributed by atoms with Gasteiger partial charge in [-0.05, 0) is 24.3 Å². The minimum atomic E-state index is -0.405. The van der Waals surface area contributed by atoms with Gasteiger partial charge < -0.3 is 19.3 Å². The van der Waals surface area contributed by atoms with Crippen molar-refractivity contribution in [3.05, 3.63) is 54.5 Å². The predicted octanol–water partition coefficient (Wildman–Crippen LogP) is 3.01. The fourth-order valence-electron chi connectivity index (χ4n) is 2.11. The van der Waals surface area contributed by atoms with Crippen molar-refractivity contribution in [2.24, 2.45) is 0 Å². The first-order chi connectivity index (χ1) is 11.7. The highest BCUT2D eigenvalue weighted by atomic mass is 16.5. The van der Waals surface area contributed by atoms with Gasteiger partial charge in [0.25, 0.3) is 5.91 Å². The minimum absolute atomic E-state index is 0.159. The molecule has 0 atom stereocenters. The Morgan fingerprint density at radius 3 is 2.75 bits per heavy atom. The molecule has 0 aliphatic carbocycles. The zero-order chi connectivity index (χ0) is 16.9. The quantitative estimate of drug-likeness (QED) is 0.776. The number of hydrogen-bond donors (Lipinski definition) is 1. The Morgan fingerprint density at radius 1 is 1.17 bits per heavy atom. The smallest absolute Gasteiger partial charge is 0.277 e. The number of anilines is 1. The number of nitrogens with one attached hydrogen (secondary N) is 1. The van der Waals surface area contributed by atoms with Crippen molar-refractivity contribution in [2.75, 3.05) is 19.5 Å². The van der Waals surface area contributed by atoms with Crippen LogP contribution in [0.5, 0.6) is 11.5 Å². The van der Waals surface area contributed by atoms with E-state index in [1.54, 1.807) is 49.8 Å². The molecule has 122 valence electrons. The van der Waals surface area contributed by atoms with Crippen molar-refractivity contribution in [1.82, 2.24) is 10.1 Å².